The number of rotatable bonds is 4. The van der Waals surface area contributed by atoms with Crippen LogP contribution in [-0.2, 0) is 6.42 Å². The number of anilines is 1. The Balaban J connectivity index is 2.16. The van der Waals surface area contributed by atoms with Gasteiger partial charge in [0.15, 0.2) is 0 Å². The summed E-state index contributed by atoms with van der Waals surface area (Å²) in [5.74, 6) is 0. The van der Waals surface area contributed by atoms with E-state index in [1.54, 1.807) is 29.8 Å². The highest BCUT2D eigenvalue weighted by molar-refractivity contribution is 7.11. The van der Waals surface area contributed by atoms with Gasteiger partial charge in [0.2, 0.25) is 0 Å². The van der Waals surface area contributed by atoms with Crippen LogP contribution in [0.2, 0.25) is 0 Å². The number of aromatic nitrogens is 2. The fourth-order valence-corrected chi connectivity index (χ4v) is 2.45. The largest absolute Gasteiger partial charge is 0.374 e. The molecule has 5 heteroatoms. The molecule has 2 heterocycles. The fourth-order valence-electron chi connectivity index (χ4n) is 1.59. The maximum atomic E-state index is 9.01. The van der Waals surface area contributed by atoms with Crippen LogP contribution in [0.15, 0.2) is 24.7 Å². The third kappa shape index (κ3) is 2.66. The zero-order valence-corrected chi connectivity index (χ0v) is 11.2. The molecule has 0 saturated heterocycles. The zero-order valence-electron chi connectivity index (χ0n) is 10.3. The first-order valence-corrected chi connectivity index (χ1v) is 6.61. The molecule has 0 aliphatic carbocycles. The molecule has 0 spiro atoms. The van der Waals surface area contributed by atoms with Crippen LogP contribution < -0.4 is 5.32 Å². The minimum atomic E-state index is 0.0756. The normalized spacial score (nSPS) is 11.8. The summed E-state index contributed by atoms with van der Waals surface area (Å²) in [5, 5.41) is 13.3. The summed E-state index contributed by atoms with van der Waals surface area (Å²) in [5.41, 5.74) is 1.35. The first-order valence-electron chi connectivity index (χ1n) is 5.79. The molecule has 0 saturated carbocycles. The van der Waals surface area contributed by atoms with Gasteiger partial charge in [-0.3, -0.25) is 4.98 Å². The van der Waals surface area contributed by atoms with Crippen molar-refractivity contribution in [1.29, 1.82) is 5.26 Å². The third-order valence-corrected chi connectivity index (χ3v) is 3.93. The van der Waals surface area contributed by atoms with Gasteiger partial charge in [-0.15, -0.1) is 11.3 Å². The van der Waals surface area contributed by atoms with Crippen LogP contribution in [0.3, 0.4) is 0 Å². The van der Waals surface area contributed by atoms with Crippen LogP contribution in [0.4, 0.5) is 5.69 Å². The van der Waals surface area contributed by atoms with E-state index < -0.39 is 0 Å². The number of hydrogen-bond donors (Lipinski definition) is 1. The van der Waals surface area contributed by atoms with Crippen molar-refractivity contribution in [3.63, 3.8) is 0 Å². The Morgan fingerprint density at radius 3 is 3.00 bits per heavy atom. The SMILES string of the molecule is CCc1cnc(C(C)Nc2cnccc2C#N)s1. The predicted octanol–water partition coefficient (Wildman–Crippen LogP) is 3.15. The van der Waals surface area contributed by atoms with Crippen LogP contribution >= 0.6 is 11.3 Å². The summed E-state index contributed by atoms with van der Waals surface area (Å²) in [6, 6.07) is 3.93. The molecule has 1 unspecified atom stereocenters. The number of thiazole rings is 1. The summed E-state index contributed by atoms with van der Waals surface area (Å²) in [4.78, 5) is 9.69. The van der Waals surface area contributed by atoms with Crippen molar-refractivity contribution < 1.29 is 0 Å². The number of nitrogens with zero attached hydrogens (tertiary/aromatic N) is 3. The quantitative estimate of drug-likeness (QED) is 0.915. The molecular formula is C13H14N4S. The first kappa shape index (κ1) is 12.5. The van der Waals surface area contributed by atoms with Crippen LogP contribution in [0, 0.1) is 11.3 Å². The first-order chi connectivity index (χ1) is 8.74. The Morgan fingerprint density at radius 1 is 1.50 bits per heavy atom. The number of pyridine rings is 1. The lowest BCUT2D eigenvalue weighted by atomic mass is 10.2. The Labute approximate surface area is 110 Å². The van der Waals surface area contributed by atoms with Gasteiger partial charge in [0.1, 0.15) is 11.1 Å². The molecule has 4 nitrogen and oxygen atoms in total. The van der Waals surface area contributed by atoms with Gasteiger partial charge in [-0.25, -0.2) is 4.98 Å². The molecule has 0 radical (unpaired) electrons. The molecule has 0 aliphatic heterocycles. The molecule has 1 atom stereocenters. The van der Waals surface area contributed by atoms with Crippen LogP contribution in [0.1, 0.15) is 35.3 Å². The summed E-state index contributed by atoms with van der Waals surface area (Å²) < 4.78 is 0. The Morgan fingerprint density at radius 2 is 2.33 bits per heavy atom. The number of nitriles is 1. The second-order valence-corrected chi connectivity index (χ2v) is 5.06. The van der Waals surface area contributed by atoms with E-state index in [9.17, 15) is 0 Å². The lowest BCUT2D eigenvalue weighted by Crippen LogP contribution is -2.07. The lowest BCUT2D eigenvalue weighted by Gasteiger charge is -2.13. The Kier molecular flexibility index (Phi) is 3.90. The van der Waals surface area contributed by atoms with E-state index in [0.717, 1.165) is 17.1 Å². The molecule has 0 aliphatic rings. The lowest BCUT2D eigenvalue weighted by molar-refractivity contribution is 0.867. The molecule has 2 aromatic heterocycles. The Hall–Kier alpha value is -1.93. The highest BCUT2D eigenvalue weighted by Crippen LogP contribution is 2.24. The van der Waals surface area contributed by atoms with Crippen LogP contribution in [-0.4, -0.2) is 9.97 Å². The highest BCUT2D eigenvalue weighted by Gasteiger charge is 2.11. The van der Waals surface area contributed by atoms with Gasteiger partial charge in [0.05, 0.1) is 23.5 Å². The molecule has 0 bridgehead atoms. The van der Waals surface area contributed by atoms with E-state index in [-0.39, 0.29) is 6.04 Å². The molecule has 0 aromatic carbocycles. The summed E-state index contributed by atoms with van der Waals surface area (Å²) in [7, 11) is 0. The van der Waals surface area contributed by atoms with Gasteiger partial charge in [-0.2, -0.15) is 5.26 Å². The van der Waals surface area contributed by atoms with Crippen molar-refractivity contribution in [3.8, 4) is 6.07 Å². The van der Waals surface area contributed by atoms with E-state index in [2.05, 4.69) is 28.3 Å². The monoisotopic (exact) mass is 258 g/mol. The number of aryl methyl sites for hydroxylation is 1. The van der Waals surface area contributed by atoms with Crippen molar-refractivity contribution in [2.24, 2.45) is 0 Å². The van der Waals surface area contributed by atoms with Crippen molar-refractivity contribution >= 4 is 17.0 Å². The van der Waals surface area contributed by atoms with E-state index in [0.29, 0.717) is 5.56 Å². The van der Waals surface area contributed by atoms with Gasteiger partial charge >= 0.3 is 0 Å². The Bertz CT molecular complexity index is 570. The molecule has 0 fully saturated rings. The van der Waals surface area contributed by atoms with Gasteiger partial charge < -0.3 is 5.32 Å². The van der Waals surface area contributed by atoms with Gasteiger partial charge in [0, 0.05) is 17.3 Å². The summed E-state index contributed by atoms with van der Waals surface area (Å²) >= 11 is 1.70. The minimum Gasteiger partial charge on any atom is -0.374 e. The second-order valence-electron chi connectivity index (χ2n) is 3.92. The highest BCUT2D eigenvalue weighted by atomic mass is 32.1. The minimum absolute atomic E-state index is 0.0756. The average molecular weight is 258 g/mol. The molecule has 18 heavy (non-hydrogen) atoms. The van der Waals surface area contributed by atoms with Crippen molar-refractivity contribution in [3.05, 3.63) is 40.1 Å². The van der Waals surface area contributed by atoms with Crippen molar-refractivity contribution in [2.75, 3.05) is 5.32 Å². The maximum Gasteiger partial charge on any atom is 0.115 e. The topological polar surface area (TPSA) is 61.6 Å². The van der Waals surface area contributed by atoms with E-state index in [1.165, 1.54) is 4.88 Å². The van der Waals surface area contributed by atoms with E-state index in [1.807, 2.05) is 13.1 Å². The molecule has 1 N–H and O–H groups in total. The fraction of sp³-hybridized carbons (Fsp3) is 0.308. The zero-order chi connectivity index (χ0) is 13.0. The molecular weight excluding hydrogens is 244 g/mol. The van der Waals surface area contributed by atoms with Crippen LogP contribution in [0.5, 0.6) is 0 Å². The maximum absolute atomic E-state index is 9.01. The van der Waals surface area contributed by atoms with Crippen molar-refractivity contribution in [2.45, 2.75) is 26.3 Å². The van der Waals surface area contributed by atoms with Crippen molar-refractivity contribution in [1.82, 2.24) is 9.97 Å². The number of nitrogens with one attached hydrogen (secondary N) is 1. The number of hydrogen-bond acceptors (Lipinski definition) is 5. The van der Waals surface area contributed by atoms with E-state index in [4.69, 9.17) is 5.26 Å². The van der Waals surface area contributed by atoms with Gasteiger partial charge in [0.25, 0.3) is 0 Å². The smallest absolute Gasteiger partial charge is 0.115 e. The molecule has 2 aromatic rings. The summed E-state index contributed by atoms with van der Waals surface area (Å²) in [6.07, 6.45) is 6.20. The third-order valence-electron chi connectivity index (χ3n) is 2.60. The predicted molar refractivity (Wildman–Crippen MR) is 72.5 cm³/mol. The summed E-state index contributed by atoms with van der Waals surface area (Å²) in [6.45, 7) is 4.15. The average Bonchev–Trinajstić information content (AvgIpc) is 2.88. The molecule has 92 valence electrons. The van der Waals surface area contributed by atoms with Gasteiger partial charge in [-0.1, -0.05) is 6.92 Å². The molecule has 0 amide bonds. The van der Waals surface area contributed by atoms with E-state index >= 15 is 0 Å². The van der Waals surface area contributed by atoms with Gasteiger partial charge in [-0.05, 0) is 19.4 Å². The standard InChI is InChI=1S/C13H14N4S/c1-3-11-7-16-13(18-11)9(2)17-12-8-15-5-4-10(12)6-14/h4-5,7-9,17H,3H2,1-2H3. The second kappa shape index (κ2) is 5.61. The molecule has 2 rings (SSSR count). The van der Waals surface area contributed by atoms with Crippen LogP contribution in [0.25, 0.3) is 0 Å².